The second-order valence-electron chi connectivity index (χ2n) is 4.32. The van der Waals surface area contributed by atoms with Gasteiger partial charge in [0, 0.05) is 13.7 Å². The number of methoxy groups -OCH3 is 3. The van der Waals surface area contributed by atoms with Gasteiger partial charge in [-0.05, 0) is 12.1 Å². The molecule has 0 N–H and O–H groups in total. The van der Waals surface area contributed by atoms with Crippen LogP contribution in [0.1, 0.15) is 10.9 Å². The van der Waals surface area contributed by atoms with Gasteiger partial charge in [0.25, 0.3) is 0 Å². The summed E-state index contributed by atoms with van der Waals surface area (Å²) in [6.45, 7) is 1.08. The van der Waals surface area contributed by atoms with E-state index in [0.29, 0.717) is 18.9 Å². The van der Waals surface area contributed by atoms with Crippen molar-refractivity contribution in [1.29, 1.82) is 0 Å². The highest BCUT2D eigenvalue weighted by Gasteiger charge is 2.36. The molecule has 0 aromatic heterocycles. The molecule has 20 heavy (non-hydrogen) atoms. The van der Waals surface area contributed by atoms with E-state index in [2.05, 4.69) is 0 Å². The van der Waals surface area contributed by atoms with Crippen LogP contribution < -0.4 is 9.47 Å². The van der Waals surface area contributed by atoms with Crippen molar-refractivity contribution in [2.75, 3.05) is 40.2 Å². The van der Waals surface area contributed by atoms with Crippen molar-refractivity contribution >= 4 is 17.7 Å². The lowest BCUT2D eigenvalue weighted by Crippen LogP contribution is -2.31. The van der Waals surface area contributed by atoms with E-state index in [0.717, 1.165) is 17.1 Å². The number of benzene rings is 1. The average Bonchev–Trinajstić information content (AvgIpc) is 2.84. The van der Waals surface area contributed by atoms with Gasteiger partial charge in [-0.15, -0.1) is 11.8 Å². The summed E-state index contributed by atoms with van der Waals surface area (Å²) in [5.41, 5.74) is 0.907. The zero-order chi connectivity index (χ0) is 14.5. The summed E-state index contributed by atoms with van der Waals surface area (Å²) in [4.78, 5) is 13.8. The maximum Gasteiger partial charge on any atom is 0.233 e. The fraction of sp³-hybridized carbons (Fsp3) is 0.500. The van der Waals surface area contributed by atoms with Crippen molar-refractivity contribution in [3.63, 3.8) is 0 Å². The molecular weight excluding hydrogens is 278 g/mol. The molecule has 1 fully saturated rings. The zero-order valence-corrected chi connectivity index (χ0v) is 12.7. The molecule has 110 valence electrons. The lowest BCUT2D eigenvalue weighted by atomic mass is 10.1. The molecule has 1 aliphatic rings. The highest BCUT2D eigenvalue weighted by Crippen LogP contribution is 2.46. The second kappa shape index (κ2) is 6.85. The molecule has 0 spiro atoms. The molecule has 1 heterocycles. The fourth-order valence-electron chi connectivity index (χ4n) is 2.25. The van der Waals surface area contributed by atoms with Gasteiger partial charge in [0.15, 0.2) is 0 Å². The Morgan fingerprint density at radius 3 is 2.45 bits per heavy atom. The van der Waals surface area contributed by atoms with Crippen LogP contribution in [0, 0.1) is 0 Å². The molecule has 5 nitrogen and oxygen atoms in total. The Morgan fingerprint density at radius 2 is 1.90 bits per heavy atom. The van der Waals surface area contributed by atoms with E-state index in [1.54, 1.807) is 33.1 Å². The third-order valence-electron chi connectivity index (χ3n) is 3.22. The van der Waals surface area contributed by atoms with Crippen molar-refractivity contribution in [3.8, 4) is 11.5 Å². The van der Waals surface area contributed by atoms with Crippen LogP contribution in [0.4, 0.5) is 0 Å². The number of ether oxygens (including phenoxy) is 3. The molecule has 1 saturated heterocycles. The first-order valence-corrected chi connectivity index (χ1v) is 7.38. The summed E-state index contributed by atoms with van der Waals surface area (Å²) in [7, 11) is 4.88. The Morgan fingerprint density at radius 1 is 1.25 bits per heavy atom. The van der Waals surface area contributed by atoms with Crippen molar-refractivity contribution in [1.82, 2.24) is 4.90 Å². The van der Waals surface area contributed by atoms with Crippen LogP contribution in [0.5, 0.6) is 11.5 Å². The lowest BCUT2D eigenvalue weighted by Gasteiger charge is -2.26. The molecule has 0 aliphatic carbocycles. The van der Waals surface area contributed by atoms with Gasteiger partial charge in [0.2, 0.25) is 5.91 Å². The summed E-state index contributed by atoms with van der Waals surface area (Å²) in [6, 6.07) is 5.65. The number of rotatable bonds is 6. The fourth-order valence-corrected chi connectivity index (χ4v) is 3.52. The SMILES string of the molecule is COCCN1C(=O)CSC1c1c(OC)cccc1OC. The third-order valence-corrected chi connectivity index (χ3v) is 4.44. The molecule has 2 rings (SSSR count). The second-order valence-corrected chi connectivity index (χ2v) is 5.39. The first-order chi connectivity index (χ1) is 9.72. The normalized spacial score (nSPS) is 18.4. The van der Waals surface area contributed by atoms with Gasteiger partial charge in [0.05, 0.1) is 32.1 Å². The van der Waals surface area contributed by atoms with Gasteiger partial charge in [-0.3, -0.25) is 4.79 Å². The van der Waals surface area contributed by atoms with Gasteiger partial charge in [-0.2, -0.15) is 0 Å². The Hall–Kier alpha value is -1.40. The highest BCUT2D eigenvalue weighted by molar-refractivity contribution is 8.00. The Bertz CT molecular complexity index is 458. The van der Waals surface area contributed by atoms with Crippen LogP contribution in [0.2, 0.25) is 0 Å². The molecule has 1 atom stereocenters. The number of amides is 1. The average molecular weight is 297 g/mol. The lowest BCUT2D eigenvalue weighted by molar-refractivity contribution is -0.128. The third kappa shape index (κ3) is 2.86. The molecule has 1 aliphatic heterocycles. The summed E-state index contributed by atoms with van der Waals surface area (Å²) in [5, 5.41) is -0.0938. The maximum absolute atomic E-state index is 12.0. The van der Waals surface area contributed by atoms with E-state index in [4.69, 9.17) is 14.2 Å². The number of carbonyl (C=O) groups is 1. The van der Waals surface area contributed by atoms with E-state index in [1.807, 2.05) is 23.1 Å². The van der Waals surface area contributed by atoms with E-state index in [-0.39, 0.29) is 11.3 Å². The quantitative estimate of drug-likeness (QED) is 0.803. The molecule has 0 radical (unpaired) electrons. The minimum atomic E-state index is -0.0938. The van der Waals surface area contributed by atoms with Gasteiger partial charge >= 0.3 is 0 Å². The number of nitrogens with zero attached hydrogens (tertiary/aromatic N) is 1. The van der Waals surface area contributed by atoms with Gasteiger partial charge < -0.3 is 19.1 Å². The minimum Gasteiger partial charge on any atom is -0.496 e. The minimum absolute atomic E-state index is 0.0938. The van der Waals surface area contributed by atoms with Crippen LogP contribution in [0.25, 0.3) is 0 Å². The summed E-state index contributed by atoms with van der Waals surface area (Å²) < 4.78 is 15.9. The van der Waals surface area contributed by atoms with Gasteiger partial charge in [0.1, 0.15) is 16.9 Å². The summed E-state index contributed by atoms with van der Waals surface area (Å²) in [6.07, 6.45) is 0. The molecule has 1 aromatic rings. The molecule has 1 aromatic carbocycles. The zero-order valence-electron chi connectivity index (χ0n) is 11.9. The van der Waals surface area contributed by atoms with Crippen LogP contribution in [0.3, 0.4) is 0 Å². The van der Waals surface area contributed by atoms with Gasteiger partial charge in [-0.1, -0.05) is 6.07 Å². The summed E-state index contributed by atoms with van der Waals surface area (Å²) in [5.74, 6) is 2.05. The predicted molar refractivity (Wildman–Crippen MR) is 78.3 cm³/mol. The molecule has 6 heteroatoms. The first kappa shape index (κ1) is 15.0. The van der Waals surface area contributed by atoms with E-state index in [1.165, 1.54) is 0 Å². The smallest absolute Gasteiger partial charge is 0.233 e. The Balaban J connectivity index is 2.36. The predicted octanol–water partition coefficient (Wildman–Crippen LogP) is 1.92. The first-order valence-electron chi connectivity index (χ1n) is 6.33. The van der Waals surface area contributed by atoms with E-state index in [9.17, 15) is 4.79 Å². The number of thioether (sulfide) groups is 1. The van der Waals surface area contributed by atoms with Crippen LogP contribution in [-0.2, 0) is 9.53 Å². The molecule has 1 unspecified atom stereocenters. The van der Waals surface area contributed by atoms with Crippen molar-refractivity contribution in [2.45, 2.75) is 5.37 Å². The summed E-state index contributed by atoms with van der Waals surface area (Å²) >= 11 is 1.58. The maximum atomic E-state index is 12.0. The standard InChI is InChI=1S/C14H19NO4S/c1-17-8-7-15-12(16)9-20-14(15)13-10(18-2)5-4-6-11(13)19-3/h4-6,14H,7-9H2,1-3H3. The number of carbonyl (C=O) groups excluding carboxylic acids is 1. The van der Waals surface area contributed by atoms with Crippen LogP contribution >= 0.6 is 11.8 Å². The van der Waals surface area contributed by atoms with Crippen LogP contribution in [-0.4, -0.2) is 51.0 Å². The number of hydrogen-bond acceptors (Lipinski definition) is 5. The Kier molecular flexibility index (Phi) is 5.14. The van der Waals surface area contributed by atoms with E-state index < -0.39 is 0 Å². The monoisotopic (exact) mass is 297 g/mol. The number of hydrogen-bond donors (Lipinski definition) is 0. The van der Waals surface area contributed by atoms with Crippen molar-refractivity contribution in [3.05, 3.63) is 23.8 Å². The van der Waals surface area contributed by atoms with Gasteiger partial charge in [-0.25, -0.2) is 0 Å². The highest BCUT2D eigenvalue weighted by atomic mass is 32.2. The Labute approximate surface area is 123 Å². The van der Waals surface area contributed by atoms with Crippen LogP contribution in [0.15, 0.2) is 18.2 Å². The molecule has 0 bridgehead atoms. The molecule has 1 amide bonds. The molecule has 0 saturated carbocycles. The molecular formula is C14H19NO4S. The topological polar surface area (TPSA) is 48.0 Å². The van der Waals surface area contributed by atoms with Crippen molar-refractivity contribution < 1.29 is 19.0 Å². The largest absolute Gasteiger partial charge is 0.496 e. The van der Waals surface area contributed by atoms with Crippen molar-refractivity contribution in [2.24, 2.45) is 0 Å². The van der Waals surface area contributed by atoms with E-state index >= 15 is 0 Å².